The first-order valence-corrected chi connectivity index (χ1v) is 7.36. The average Bonchev–Trinajstić information content (AvgIpc) is 2.82. The number of carbonyl (C=O) groups excluding carboxylic acids is 1. The highest BCUT2D eigenvalue weighted by atomic mass is 79.9. The third-order valence-electron chi connectivity index (χ3n) is 3.31. The number of ether oxygens (including phenoxy) is 1. The molecule has 1 heterocycles. The maximum absolute atomic E-state index is 11.3. The van der Waals surface area contributed by atoms with Crippen molar-refractivity contribution in [1.82, 2.24) is 4.57 Å². The summed E-state index contributed by atoms with van der Waals surface area (Å²) in [6, 6.07) is 0. The predicted octanol–water partition coefficient (Wildman–Crippen LogP) is -0.515. The van der Waals surface area contributed by atoms with Crippen molar-refractivity contribution < 1.29 is 31.1 Å². The van der Waals surface area contributed by atoms with Crippen molar-refractivity contribution in [3.63, 3.8) is 0 Å². The van der Waals surface area contributed by atoms with Crippen LogP contribution in [0.25, 0.3) is 0 Å². The fourth-order valence-electron chi connectivity index (χ4n) is 2.09. The molecule has 0 aromatic carbocycles. The highest BCUT2D eigenvalue weighted by Crippen LogP contribution is 2.03. The lowest BCUT2D eigenvalue weighted by Gasteiger charge is -2.00. The van der Waals surface area contributed by atoms with Gasteiger partial charge in [-0.1, -0.05) is 26.7 Å². The van der Waals surface area contributed by atoms with Crippen LogP contribution in [-0.2, 0) is 29.0 Å². The van der Waals surface area contributed by atoms with E-state index in [1.54, 1.807) is 0 Å². The van der Waals surface area contributed by atoms with Gasteiger partial charge in [-0.05, 0) is 12.8 Å². The van der Waals surface area contributed by atoms with Gasteiger partial charge in [-0.3, -0.25) is 4.79 Å². The average molecular weight is 347 g/mol. The third-order valence-corrected chi connectivity index (χ3v) is 3.31. The number of unbranched alkanes of at least 4 members (excludes halogenated alkanes) is 2. The molecule has 0 aliphatic rings. The molecule has 0 bridgehead atoms. The number of nitrogens with zero attached hydrogens (tertiary/aromatic N) is 2. The Balaban J connectivity index is 0.00000361. The van der Waals surface area contributed by atoms with E-state index < -0.39 is 0 Å². The number of hydrogen-bond acceptors (Lipinski definition) is 2. The van der Waals surface area contributed by atoms with Crippen LogP contribution in [0.5, 0.6) is 0 Å². The van der Waals surface area contributed by atoms with E-state index in [1.807, 2.05) is 0 Å². The van der Waals surface area contributed by atoms with Gasteiger partial charge in [0.15, 0.2) is 0 Å². The first kappa shape index (κ1) is 19.2. The largest absolute Gasteiger partial charge is 1.00 e. The standard InChI is InChI=1S/C15H27N2O2.BrH/c1-4-6-10-16-12-14(8-9-15(18)19-3)17(13-16)11-7-5-2;/h12-13H,4-11H2,1-3H3;1H/q+1;/p-1. The molecule has 0 aliphatic heterocycles. The van der Waals surface area contributed by atoms with E-state index in [0.29, 0.717) is 6.42 Å². The zero-order valence-electron chi connectivity index (χ0n) is 12.9. The normalized spacial score (nSPS) is 10.2. The van der Waals surface area contributed by atoms with Gasteiger partial charge in [0.25, 0.3) is 0 Å². The molecule has 0 amide bonds. The maximum Gasteiger partial charge on any atom is 0.305 e. The number of esters is 1. The van der Waals surface area contributed by atoms with Crippen molar-refractivity contribution >= 4 is 5.97 Å². The first-order chi connectivity index (χ1) is 9.21. The van der Waals surface area contributed by atoms with Gasteiger partial charge in [0.2, 0.25) is 6.33 Å². The molecule has 20 heavy (non-hydrogen) atoms. The van der Waals surface area contributed by atoms with Gasteiger partial charge in [0.05, 0.1) is 26.6 Å². The van der Waals surface area contributed by atoms with E-state index in [4.69, 9.17) is 4.74 Å². The Morgan fingerprint density at radius 3 is 2.60 bits per heavy atom. The SMILES string of the molecule is CCCCn1cc(CCC(=O)OC)[n+](CCCC)c1.[Br-]. The van der Waals surface area contributed by atoms with Crippen LogP contribution in [0.1, 0.15) is 51.6 Å². The summed E-state index contributed by atoms with van der Waals surface area (Å²) in [5.41, 5.74) is 1.23. The lowest BCUT2D eigenvalue weighted by molar-refractivity contribution is -0.703. The van der Waals surface area contributed by atoms with Gasteiger partial charge in [0.1, 0.15) is 11.9 Å². The molecule has 4 nitrogen and oxygen atoms in total. The summed E-state index contributed by atoms with van der Waals surface area (Å²) in [5, 5.41) is 0. The minimum absolute atomic E-state index is 0. The van der Waals surface area contributed by atoms with Crippen LogP contribution in [0.2, 0.25) is 0 Å². The Hall–Kier alpha value is -0.840. The van der Waals surface area contributed by atoms with Crippen LogP contribution in [0, 0.1) is 0 Å². The Bertz CT molecular complexity index is 391. The van der Waals surface area contributed by atoms with Crippen LogP contribution in [0.15, 0.2) is 12.5 Å². The summed E-state index contributed by atoms with van der Waals surface area (Å²) >= 11 is 0. The molecule has 0 fully saturated rings. The molecule has 1 aromatic rings. The summed E-state index contributed by atoms with van der Waals surface area (Å²) < 4.78 is 9.23. The van der Waals surface area contributed by atoms with E-state index >= 15 is 0 Å². The molecule has 0 atom stereocenters. The zero-order valence-corrected chi connectivity index (χ0v) is 14.5. The summed E-state index contributed by atoms with van der Waals surface area (Å²) in [5.74, 6) is -0.136. The van der Waals surface area contributed by atoms with Crippen molar-refractivity contribution in [1.29, 1.82) is 0 Å². The molecule has 1 aromatic heterocycles. The van der Waals surface area contributed by atoms with Crippen molar-refractivity contribution in [2.75, 3.05) is 7.11 Å². The minimum Gasteiger partial charge on any atom is -1.00 e. The summed E-state index contributed by atoms with van der Waals surface area (Å²) in [4.78, 5) is 11.3. The number of carbonyl (C=O) groups is 1. The van der Waals surface area contributed by atoms with Crippen molar-refractivity contribution in [3.05, 3.63) is 18.2 Å². The van der Waals surface area contributed by atoms with Gasteiger partial charge >= 0.3 is 5.97 Å². The first-order valence-electron chi connectivity index (χ1n) is 7.36. The smallest absolute Gasteiger partial charge is 0.305 e. The number of aromatic nitrogens is 2. The molecular weight excluding hydrogens is 320 g/mol. The highest BCUT2D eigenvalue weighted by Gasteiger charge is 2.14. The van der Waals surface area contributed by atoms with E-state index in [0.717, 1.165) is 19.5 Å². The molecule has 0 aliphatic carbocycles. The topological polar surface area (TPSA) is 35.1 Å². The molecule has 1 rings (SSSR count). The maximum atomic E-state index is 11.3. The Labute approximate surface area is 132 Å². The van der Waals surface area contributed by atoms with Gasteiger partial charge in [-0.25, -0.2) is 9.13 Å². The fraction of sp³-hybridized carbons (Fsp3) is 0.733. The zero-order chi connectivity index (χ0) is 14.1. The van der Waals surface area contributed by atoms with Gasteiger partial charge < -0.3 is 21.7 Å². The monoisotopic (exact) mass is 346 g/mol. The van der Waals surface area contributed by atoms with Gasteiger partial charge in [-0.2, -0.15) is 0 Å². The number of aryl methyl sites for hydroxylation is 3. The second-order valence-electron chi connectivity index (χ2n) is 4.95. The van der Waals surface area contributed by atoms with Crippen LogP contribution in [-0.4, -0.2) is 17.6 Å². The predicted molar refractivity (Wildman–Crippen MR) is 74.8 cm³/mol. The number of hydrogen-bond donors (Lipinski definition) is 0. The lowest BCUT2D eigenvalue weighted by Crippen LogP contribution is -3.00. The molecule has 0 unspecified atom stereocenters. The number of halogens is 1. The highest BCUT2D eigenvalue weighted by molar-refractivity contribution is 5.69. The third kappa shape index (κ3) is 6.55. The van der Waals surface area contributed by atoms with Gasteiger partial charge in [0, 0.05) is 6.42 Å². The Morgan fingerprint density at radius 1 is 1.30 bits per heavy atom. The van der Waals surface area contributed by atoms with Crippen LogP contribution in [0.3, 0.4) is 0 Å². The molecule has 0 spiro atoms. The molecule has 0 radical (unpaired) electrons. The fourth-order valence-corrected chi connectivity index (χ4v) is 2.09. The van der Waals surface area contributed by atoms with Crippen LogP contribution < -0.4 is 21.5 Å². The summed E-state index contributed by atoms with van der Waals surface area (Å²) in [6.45, 7) is 6.49. The molecule has 0 saturated heterocycles. The number of imidazole rings is 1. The Kier molecular flexibility index (Phi) is 10.4. The van der Waals surface area contributed by atoms with E-state index in [9.17, 15) is 4.79 Å². The minimum atomic E-state index is -0.136. The van der Waals surface area contributed by atoms with Crippen molar-refractivity contribution in [2.45, 2.75) is 65.5 Å². The second kappa shape index (κ2) is 10.9. The summed E-state index contributed by atoms with van der Waals surface area (Å²) in [6.07, 6.45) is 10.3. The van der Waals surface area contributed by atoms with E-state index in [1.165, 1.54) is 38.5 Å². The molecule has 0 saturated carbocycles. The molecule has 5 heteroatoms. The lowest BCUT2D eigenvalue weighted by atomic mass is 10.2. The second-order valence-corrected chi connectivity index (χ2v) is 4.95. The number of methoxy groups -OCH3 is 1. The quantitative estimate of drug-likeness (QED) is 0.445. The van der Waals surface area contributed by atoms with Crippen molar-refractivity contribution in [3.8, 4) is 0 Å². The molecular formula is C15H27BrN2O2. The van der Waals surface area contributed by atoms with Crippen LogP contribution in [0.4, 0.5) is 0 Å². The molecule has 0 N–H and O–H groups in total. The summed E-state index contributed by atoms with van der Waals surface area (Å²) in [7, 11) is 1.44. The number of rotatable bonds is 9. The van der Waals surface area contributed by atoms with Gasteiger partial charge in [-0.15, -0.1) is 0 Å². The van der Waals surface area contributed by atoms with Crippen LogP contribution >= 0.6 is 0 Å². The van der Waals surface area contributed by atoms with E-state index in [2.05, 4.69) is 35.5 Å². The van der Waals surface area contributed by atoms with E-state index in [-0.39, 0.29) is 23.0 Å². The Morgan fingerprint density at radius 2 is 2.00 bits per heavy atom. The van der Waals surface area contributed by atoms with Crippen molar-refractivity contribution in [2.24, 2.45) is 0 Å². The molecule has 116 valence electrons.